The molecule has 0 aromatic heterocycles. The number of nitrogens with zero attached hydrogens (tertiary/aromatic N) is 1. The molecule has 0 aliphatic heterocycles. The lowest BCUT2D eigenvalue weighted by Crippen LogP contribution is -2.47. The van der Waals surface area contributed by atoms with Gasteiger partial charge in [-0.1, -0.05) is 85.8 Å². The summed E-state index contributed by atoms with van der Waals surface area (Å²) in [5.74, 6) is -0.987. The molecular formula is C24H25NO2. The predicted octanol–water partition coefficient (Wildman–Crippen LogP) is 4.83. The molecule has 0 spiro atoms. The maximum absolute atomic E-state index is 12.8. The summed E-state index contributed by atoms with van der Waals surface area (Å²) in [5, 5.41) is 10.5. The first-order chi connectivity index (χ1) is 13.1. The molecule has 0 radical (unpaired) electrons. The number of benzene rings is 3. The van der Waals surface area contributed by atoms with Crippen LogP contribution in [0, 0.1) is 5.92 Å². The highest BCUT2D eigenvalue weighted by Gasteiger charge is 2.47. The molecule has 0 aliphatic rings. The van der Waals surface area contributed by atoms with E-state index < -0.39 is 11.4 Å². The van der Waals surface area contributed by atoms with E-state index in [4.69, 9.17) is 0 Å². The van der Waals surface area contributed by atoms with Crippen molar-refractivity contribution in [3.05, 3.63) is 102 Å². The van der Waals surface area contributed by atoms with Gasteiger partial charge in [0.1, 0.15) is 5.41 Å². The van der Waals surface area contributed by atoms with Crippen LogP contribution in [-0.4, -0.2) is 24.7 Å². The van der Waals surface area contributed by atoms with Gasteiger partial charge in [-0.2, -0.15) is 0 Å². The van der Waals surface area contributed by atoms with Gasteiger partial charge in [-0.3, -0.25) is 4.79 Å². The lowest BCUT2D eigenvalue weighted by molar-refractivity contribution is -0.143. The Morgan fingerprint density at radius 2 is 1.26 bits per heavy atom. The summed E-state index contributed by atoms with van der Waals surface area (Å²) in [6.07, 6.45) is 0. The largest absolute Gasteiger partial charge is 0.480 e. The van der Waals surface area contributed by atoms with Gasteiger partial charge >= 0.3 is 5.97 Å². The van der Waals surface area contributed by atoms with Crippen LogP contribution < -0.4 is 4.90 Å². The zero-order valence-electron chi connectivity index (χ0n) is 15.7. The topological polar surface area (TPSA) is 40.5 Å². The average Bonchev–Trinajstić information content (AvgIpc) is 2.70. The van der Waals surface area contributed by atoms with Gasteiger partial charge in [0.25, 0.3) is 0 Å². The summed E-state index contributed by atoms with van der Waals surface area (Å²) >= 11 is 0. The highest BCUT2D eigenvalue weighted by Crippen LogP contribution is 2.40. The van der Waals surface area contributed by atoms with Crippen molar-refractivity contribution in [2.24, 2.45) is 5.92 Å². The fourth-order valence-corrected chi connectivity index (χ4v) is 3.93. The molecule has 3 rings (SSSR count). The lowest BCUT2D eigenvalue weighted by Gasteiger charge is -2.38. The van der Waals surface area contributed by atoms with Gasteiger partial charge in [-0.15, -0.1) is 0 Å². The molecule has 1 N–H and O–H groups in total. The normalized spacial score (nSPS) is 12.4. The van der Waals surface area contributed by atoms with Crippen molar-refractivity contribution in [1.82, 2.24) is 0 Å². The number of para-hydroxylation sites is 1. The Hall–Kier alpha value is -3.07. The second kappa shape index (κ2) is 8.09. The molecular weight excluding hydrogens is 334 g/mol. The third kappa shape index (κ3) is 3.59. The van der Waals surface area contributed by atoms with Crippen molar-refractivity contribution >= 4 is 11.7 Å². The molecule has 3 aromatic rings. The van der Waals surface area contributed by atoms with E-state index in [-0.39, 0.29) is 5.92 Å². The molecule has 0 fully saturated rings. The number of aliphatic carboxylic acids is 1. The maximum Gasteiger partial charge on any atom is 0.318 e. The molecule has 0 heterocycles. The van der Waals surface area contributed by atoms with Crippen LogP contribution in [-0.2, 0) is 10.2 Å². The van der Waals surface area contributed by atoms with Crippen molar-refractivity contribution in [3.8, 4) is 0 Å². The van der Waals surface area contributed by atoms with Crippen LogP contribution in [0.2, 0.25) is 0 Å². The molecule has 3 aromatic carbocycles. The Morgan fingerprint density at radius 1 is 0.852 bits per heavy atom. The number of hydrogen-bond donors (Lipinski definition) is 1. The molecule has 0 saturated heterocycles. The first-order valence-electron chi connectivity index (χ1n) is 9.17. The molecule has 0 aliphatic carbocycles. The summed E-state index contributed by atoms with van der Waals surface area (Å²) in [7, 11) is 2.01. The van der Waals surface area contributed by atoms with Crippen LogP contribution in [0.5, 0.6) is 0 Å². The summed E-state index contributed by atoms with van der Waals surface area (Å²) < 4.78 is 0. The molecule has 3 heteroatoms. The van der Waals surface area contributed by atoms with Crippen molar-refractivity contribution < 1.29 is 9.90 Å². The van der Waals surface area contributed by atoms with Crippen molar-refractivity contribution in [2.75, 3.05) is 18.5 Å². The highest BCUT2D eigenvalue weighted by atomic mass is 16.4. The minimum atomic E-state index is -1.12. The molecule has 3 nitrogen and oxygen atoms in total. The van der Waals surface area contributed by atoms with Crippen molar-refractivity contribution in [1.29, 1.82) is 0 Å². The van der Waals surface area contributed by atoms with Gasteiger partial charge in [0.05, 0.1) is 0 Å². The molecule has 0 saturated carbocycles. The molecule has 27 heavy (non-hydrogen) atoms. The van der Waals surface area contributed by atoms with Crippen LogP contribution in [0.1, 0.15) is 18.1 Å². The lowest BCUT2D eigenvalue weighted by atomic mass is 9.66. The Balaban J connectivity index is 2.08. The number of anilines is 1. The minimum absolute atomic E-state index is 0.162. The van der Waals surface area contributed by atoms with Gasteiger partial charge in [-0.25, -0.2) is 0 Å². The molecule has 138 valence electrons. The number of rotatable bonds is 7. The summed E-state index contributed by atoms with van der Waals surface area (Å²) in [6, 6.07) is 29.2. The minimum Gasteiger partial charge on any atom is -0.480 e. The van der Waals surface area contributed by atoms with Crippen molar-refractivity contribution in [3.63, 3.8) is 0 Å². The van der Waals surface area contributed by atoms with E-state index in [1.165, 1.54) is 0 Å². The Bertz CT molecular complexity index is 823. The van der Waals surface area contributed by atoms with E-state index in [2.05, 4.69) is 4.90 Å². The van der Waals surface area contributed by atoms with E-state index >= 15 is 0 Å². The Kier molecular flexibility index (Phi) is 5.60. The summed E-state index contributed by atoms with van der Waals surface area (Å²) in [4.78, 5) is 14.9. The fourth-order valence-electron chi connectivity index (χ4n) is 3.93. The Labute approximate surface area is 160 Å². The molecule has 1 unspecified atom stereocenters. The van der Waals surface area contributed by atoms with E-state index in [0.717, 1.165) is 16.8 Å². The smallest absolute Gasteiger partial charge is 0.318 e. The number of carboxylic acid groups (broad SMARTS) is 1. The summed E-state index contributed by atoms with van der Waals surface area (Å²) in [6.45, 7) is 2.63. The zero-order chi connectivity index (χ0) is 19.3. The monoisotopic (exact) mass is 359 g/mol. The van der Waals surface area contributed by atoms with E-state index in [0.29, 0.717) is 6.54 Å². The number of hydrogen-bond acceptors (Lipinski definition) is 2. The fraction of sp³-hybridized carbons (Fsp3) is 0.208. The van der Waals surface area contributed by atoms with Gasteiger partial charge in [0, 0.05) is 19.3 Å². The van der Waals surface area contributed by atoms with Gasteiger partial charge < -0.3 is 10.0 Å². The second-order valence-corrected chi connectivity index (χ2v) is 6.96. The van der Waals surface area contributed by atoms with Crippen LogP contribution in [0.3, 0.4) is 0 Å². The number of carboxylic acids is 1. The Morgan fingerprint density at radius 3 is 1.67 bits per heavy atom. The maximum atomic E-state index is 12.8. The molecule has 0 amide bonds. The average molecular weight is 359 g/mol. The zero-order valence-corrected chi connectivity index (χ0v) is 15.7. The quantitative estimate of drug-likeness (QED) is 0.657. The van der Waals surface area contributed by atoms with E-state index in [9.17, 15) is 9.90 Å². The van der Waals surface area contributed by atoms with Gasteiger partial charge in [0.2, 0.25) is 0 Å². The van der Waals surface area contributed by atoms with Crippen LogP contribution in [0.25, 0.3) is 0 Å². The predicted molar refractivity (Wildman–Crippen MR) is 110 cm³/mol. The highest BCUT2D eigenvalue weighted by molar-refractivity contribution is 5.86. The third-order valence-corrected chi connectivity index (χ3v) is 5.28. The van der Waals surface area contributed by atoms with Crippen molar-refractivity contribution in [2.45, 2.75) is 12.3 Å². The van der Waals surface area contributed by atoms with E-state index in [1.807, 2.05) is 105 Å². The third-order valence-electron chi connectivity index (χ3n) is 5.28. The summed E-state index contributed by atoms with van der Waals surface area (Å²) in [5.41, 5.74) is 1.56. The SMILES string of the molecule is CC(CN(C)c1ccccc1)C(C(=O)O)(c1ccccc1)c1ccccc1. The molecule has 0 bridgehead atoms. The van der Waals surface area contributed by atoms with Crippen LogP contribution >= 0.6 is 0 Å². The van der Waals surface area contributed by atoms with Gasteiger partial charge in [0.15, 0.2) is 0 Å². The second-order valence-electron chi connectivity index (χ2n) is 6.96. The first kappa shape index (κ1) is 18.7. The molecule has 1 atom stereocenters. The van der Waals surface area contributed by atoms with Gasteiger partial charge in [-0.05, 0) is 29.2 Å². The standard InChI is InChI=1S/C24H25NO2/c1-19(18-25(2)22-16-10-5-11-17-22)24(23(26)27,20-12-6-3-7-13-20)21-14-8-4-9-15-21/h3-17,19H,18H2,1-2H3,(H,26,27). The van der Waals surface area contributed by atoms with Crippen LogP contribution in [0.4, 0.5) is 5.69 Å². The van der Waals surface area contributed by atoms with E-state index in [1.54, 1.807) is 0 Å². The first-order valence-corrected chi connectivity index (χ1v) is 9.17. The number of carbonyl (C=O) groups is 1. The van der Waals surface area contributed by atoms with Crippen LogP contribution in [0.15, 0.2) is 91.0 Å².